The number of ether oxygens (including phenoxy) is 1. The maximum Gasteiger partial charge on any atom is 0.338 e. The smallest absolute Gasteiger partial charge is 0.338 e. The SMILES string of the molecule is Cc1c[nH]c(=O)n1-c1ccc(C(=O)OCC(=O)Nc2ccc(C(C)(C)C)cc2)cc1. The molecule has 156 valence electrons. The summed E-state index contributed by atoms with van der Waals surface area (Å²) in [5.74, 6) is -1.03. The monoisotopic (exact) mass is 407 g/mol. The number of anilines is 1. The van der Waals surface area contributed by atoms with Gasteiger partial charge in [0.1, 0.15) is 0 Å². The molecule has 0 fully saturated rings. The van der Waals surface area contributed by atoms with Crippen LogP contribution in [0.15, 0.2) is 59.5 Å². The number of hydrogen-bond acceptors (Lipinski definition) is 4. The number of aromatic amines is 1. The van der Waals surface area contributed by atoms with E-state index in [1.807, 2.05) is 24.3 Å². The van der Waals surface area contributed by atoms with Gasteiger partial charge in [-0.1, -0.05) is 32.9 Å². The van der Waals surface area contributed by atoms with Crippen LogP contribution in [-0.2, 0) is 14.9 Å². The standard InChI is InChI=1S/C23H25N3O4/c1-15-13-24-22(29)26(15)19-11-5-16(6-12-19)21(28)30-14-20(27)25-18-9-7-17(8-10-18)23(2,3)4/h5-13H,14H2,1-4H3,(H,24,29)(H,25,27). The Morgan fingerprint density at radius 1 is 1.03 bits per heavy atom. The lowest BCUT2D eigenvalue weighted by atomic mass is 9.87. The number of imidazole rings is 1. The van der Waals surface area contributed by atoms with Crippen LogP contribution in [0, 0.1) is 6.92 Å². The van der Waals surface area contributed by atoms with Crippen LogP contribution in [0.25, 0.3) is 5.69 Å². The van der Waals surface area contributed by atoms with Gasteiger partial charge in [-0.3, -0.25) is 9.36 Å². The highest BCUT2D eigenvalue weighted by atomic mass is 16.5. The minimum Gasteiger partial charge on any atom is -0.452 e. The molecular weight excluding hydrogens is 382 g/mol. The van der Waals surface area contributed by atoms with Crippen LogP contribution in [0.4, 0.5) is 5.69 Å². The Bertz CT molecular complexity index is 1100. The fraction of sp³-hybridized carbons (Fsp3) is 0.261. The molecule has 0 aliphatic rings. The van der Waals surface area contributed by atoms with Crippen molar-refractivity contribution in [2.75, 3.05) is 11.9 Å². The van der Waals surface area contributed by atoms with Gasteiger partial charge in [0.2, 0.25) is 0 Å². The Morgan fingerprint density at radius 2 is 1.67 bits per heavy atom. The maximum absolute atomic E-state index is 12.2. The quantitative estimate of drug-likeness (QED) is 0.633. The summed E-state index contributed by atoms with van der Waals surface area (Å²) in [6, 6.07) is 14.0. The molecule has 3 aromatic rings. The van der Waals surface area contributed by atoms with E-state index in [0.717, 1.165) is 11.3 Å². The first-order valence-electron chi connectivity index (χ1n) is 9.60. The van der Waals surface area contributed by atoms with Crippen LogP contribution in [0.5, 0.6) is 0 Å². The average molecular weight is 407 g/mol. The Hall–Kier alpha value is -3.61. The predicted molar refractivity (Wildman–Crippen MR) is 115 cm³/mol. The minimum atomic E-state index is -0.613. The van der Waals surface area contributed by atoms with Gasteiger partial charge < -0.3 is 15.0 Å². The number of nitrogens with zero attached hydrogens (tertiary/aromatic N) is 1. The van der Waals surface area contributed by atoms with Gasteiger partial charge in [0.15, 0.2) is 6.61 Å². The zero-order valence-corrected chi connectivity index (χ0v) is 17.5. The van der Waals surface area contributed by atoms with E-state index >= 15 is 0 Å². The second-order valence-corrected chi connectivity index (χ2v) is 8.07. The van der Waals surface area contributed by atoms with Crippen molar-refractivity contribution < 1.29 is 14.3 Å². The second kappa shape index (κ2) is 8.41. The molecule has 0 atom stereocenters. The molecule has 0 spiro atoms. The number of aryl methyl sites for hydroxylation is 1. The van der Waals surface area contributed by atoms with Crippen molar-refractivity contribution in [3.05, 3.63) is 82.0 Å². The van der Waals surface area contributed by atoms with Crippen LogP contribution in [0.3, 0.4) is 0 Å². The highest BCUT2D eigenvalue weighted by Crippen LogP contribution is 2.23. The predicted octanol–water partition coefficient (Wildman–Crippen LogP) is 3.57. The van der Waals surface area contributed by atoms with Gasteiger partial charge in [0.25, 0.3) is 5.91 Å². The zero-order valence-electron chi connectivity index (χ0n) is 17.5. The molecule has 0 bridgehead atoms. The molecule has 0 unspecified atom stereocenters. The van der Waals surface area contributed by atoms with Gasteiger partial charge in [-0.15, -0.1) is 0 Å². The van der Waals surface area contributed by atoms with Gasteiger partial charge >= 0.3 is 11.7 Å². The second-order valence-electron chi connectivity index (χ2n) is 8.07. The number of hydrogen-bond donors (Lipinski definition) is 2. The fourth-order valence-corrected chi connectivity index (χ4v) is 2.99. The first-order valence-corrected chi connectivity index (χ1v) is 9.60. The third-order valence-electron chi connectivity index (χ3n) is 4.69. The molecule has 0 saturated carbocycles. The molecule has 2 aromatic carbocycles. The maximum atomic E-state index is 12.2. The van der Waals surface area contributed by atoms with Gasteiger partial charge in [0.05, 0.1) is 11.3 Å². The molecule has 0 aliphatic heterocycles. The lowest BCUT2D eigenvalue weighted by molar-refractivity contribution is -0.119. The van der Waals surface area contributed by atoms with Crippen molar-refractivity contribution in [2.24, 2.45) is 0 Å². The molecule has 30 heavy (non-hydrogen) atoms. The third-order valence-corrected chi connectivity index (χ3v) is 4.69. The Kier molecular flexibility index (Phi) is 5.91. The van der Waals surface area contributed by atoms with E-state index in [4.69, 9.17) is 4.74 Å². The summed E-state index contributed by atoms with van der Waals surface area (Å²) < 4.78 is 6.59. The first-order chi connectivity index (χ1) is 14.1. The third kappa shape index (κ3) is 4.86. The van der Waals surface area contributed by atoms with Crippen molar-refractivity contribution in [1.82, 2.24) is 9.55 Å². The molecule has 0 aliphatic carbocycles. The molecule has 2 N–H and O–H groups in total. The summed E-state index contributed by atoms with van der Waals surface area (Å²) in [4.78, 5) is 38.7. The van der Waals surface area contributed by atoms with E-state index in [9.17, 15) is 14.4 Å². The highest BCUT2D eigenvalue weighted by molar-refractivity contribution is 5.95. The summed E-state index contributed by atoms with van der Waals surface area (Å²) in [6.45, 7) is 7.76. The number of carbonyl (C=O) groups is 2. The van der Waals surface area contributed by atoms with Crippen molar-refractivity contribution in [3.63, 3.8) is 0 Å². The summed E-state index contributed by atoms with van der Waals surface area (Å²) in [7, 11) is 0. The van der Waals surface area contributed by atoms with Crippen LogP contribution in [-0.4, -0.2) is 28.0 Å². The first kappa shape index (κ1) is 21.1. The molecule has 1 aromatic heterocycles. The summed E-state index contributed by atoms with van der Waals surface area (Å²) in [5, 5.41) is 2.71. The molecule has 7 nitrogen and oxygen atoms in total. The van der Waals surface area contributed by atoms with Crippen LogP contribution in [0.2, 0.25) is 0 Å². The lowest BCUT2D eigenvalue weighted by Crippen LogP contribution is -2.21. The highest BCUT2D eigenvalue weighted by Gasteiger charge is 2.14. The number of carbonyl (C=O) groups excluding carboxylic acids is 2. The van der Waals surface area contributed by atoms with Crippen molar-refractivity contribution in [3.8, 4) is 5.69 Å². The summed E-state index contributed by atoms with van der Waals surface area (Å²) in [6.07, 6.45) is 1.61. The summed E-state index contributed by atoms with van der Waals surface area (Å²) >= 11 is 0. The van der Waals surface area contributed by atoms with E-state index in [1.165, 1.54) is 4.57 Å². The molecular formula is C23H25N3O4. The zero-order chi connectivity index (χ0) is 21.9. The summed E-state index contributed by atoms with van der Waals surface area (Å²) in [5.41, 5.74) is 3.25. The Balaban J connectivity index is 1.56. The number of H-pyrrole nitrogens is 1. The lowest BCUT2D eigenvalue weighted by Gasteiger charge is -2.19. The molecule has 0 radical (unpaired) electrons. The van der Waals surface area contributed by atoms with Gasteiger partial charge in [0, 0.05) is 17.6 Å². The largest absolute Gasteiger partial charge is 0.452 e. The van der Waals surface area contributed by atoms with E-state index in [2.05, 4.69) is 31.1 Å². The van der Waals surface area contributed by atoms with E-state index < -0.39 is 18.5 Å². The Morgan fingerprint density at radius 3 is 2.20 bits per heavy atom. The number of nitrogens with one attached hydrogen (secondary N) is 2. The van der Waals surface area contributed by atoms with Crippen molar-refractivity contribution in [1.29, 1.82) is 0 Å². The molecule has 3 rings (SSSR count). The number of rotatable bonds is 5. The molecule has 1 amide bonds. The van der Waals surface area contributed by atoms with Gasteiger partial charge in [-0.05, 0) is 54.3 Å². The minimum absolute atomic E-state index is 0.0289. The fourth-order valence-electron chi connectivity index (χ4n) is 2.99. The van der Waals surface area contributed by atoms with Gasteiger partial charge in [-0.25, -0.2) is 9.59 Å². The van der Waals surface area contributed by atoms with E-state index in [1.54, 1.807) is 37.4 Å². The molecule has 0 saturated heterocycles. The number of esters is 1. The number of amides is 1. The van der Waals surface area contributed by atoms with Crippen LogP contribution < -0.4 is 11.0 Å². The van der Waals surface area contributed by atoms with Crippen molar-refractivity contribution in [2.45, 2.75) is 33.1 Å². The van der Waals surface area contributed by atoms with Crippen LogP contribution >= 0.6 is 0 Å². The topological polar surface area (TPSA) is 93.2 Å². The van der Waals surface area contributed by atoms with Crippen LogP contribution in [0.1, 0.15) is 42.4 Å². The molecule has 7 heteroatoms. The average Bonchev–Trinajstić information content (AvgIpc) is 3.04. The van der Waals surface area contributed by atoms with Crippen molar-refractivity contribution >= 4 is 17.6 Å². The van der Waals surface area contributed by atoms with Gasteiger partial charge in [-0.2, -0.15) is 0 Å². The van der Waals surface area contributed by atoms with E-state index in [0.29, 0.717) is 16.9 Å². The number of benzene rings is 2. The normalized spacial score (nSPS) is 11.2. The Labute approximate surface area is 174 Å². The van der Waals surface area contributed by atoms with E-state index in [-0.39, 0.29) is 11.1 Å². The molecule has 1 heterocycles. The number of aromatic nitrogens is 2.